The van der Waals surface area contributed by atoms with Gasteiger partial charge < -0.3 is 10.6 Å². The van der Waals surface area contributed by atoms with Crippen molar-refractivity contribution in [2.75, 3.05) is 17.3 Å². The van der Waals surface area contributed by atoms with Crippen molar-refractivity contribution in [2.45, 2.75) is 24.9 Å². The van der Waals surface area contributed by atoms with Gasteiger partial charge in [-0.2, -0.15) is 5.10 Å². The lowest BCUT2D eigenvalue weighted by molar-refractivity contribution is -0.113. The molecule has 2 N–H and O–H groups in total. The molecule has 182 valence electrons. The highest BCUT2D eigenvalue weighted by atomic mass is 35.5. The first-order chi connectivity index (χ1) is 16.5. The largest absolute Gasteiger partial charge is 0.339 e. The molecule has 0 radical (unpaired) electrons. The quantitative estimate of drug-likeness (QED) is 0.543. The molecule has 35 heavy (non-hydrogen) atoms. The summed E-state index contributed by atoms with van der Waals surface area (Å²) in [7, 11) is -3.65. The number of nitrogens with zero attached hydrogens (tertiary/aromatic N) is 3. The van der Waals surface area contributed by atoms with Crippen LogP contribution < -0.4 is 10.6 Å². The molecule has 1 atom stereocenters. The molecule has 0 fully saturated rings. The molecule has 0 saturated heterocycles. The number of aromatic nitrogens is 3. The molecule has 3 aromatic rings. The van der Waals surface area contributed by atoms with Crippen LogP contribution in [0.15, 0.2) is 30.5 Å². The summed E-state index contributed by atoms with van der Waals surface area (Å²) in [6.45, 7) is 0.00611. The lowest BCUT2D eigenvalue weighted by Crippen LogP contribution is -2.53. The van der Waals surface area contributed by atoms with Crippen molar-refractivity contribution in [1.29, 1.82) is 0 Å². The van der Waals surface area contributed by atoms with E-state index in [-0.39, 0.29) is 34.9 Å². The summed E-state index contributed by atoms with van der Waals surface area (Å²) in [5.74, 6) is -3.79. The van der Waals surface area contributed by atoms with E-state index in [1.165, 1.54) is 23.0 Å². The van der Waals surface area contributed by atoms with Gasteiger partial charge in [0.2, 0.25) is 5.91 Å². The van der Waals surface area contributed by atoms with E-state index in [2.05, 4.69) is 20.7 Å². The molecular weight excluding hydrogens is 504 g/mol. The monoisotopic (exact) mass is 521 g/mol. The minimum Gasteiger partial charge on any atom is -0.339 e. The van der Waals surface area contributed by atoms with Crippen molar-refractivity contribution < 1.29 is 26.8 Å². The van der Waals surface area contributed by atoms with Gasteiger partial charge in [-0.05, 0) is 36.6 Å². The Balaban J connectivity index is 1.63. The van der Waals surface area contributed by atoms with E-state index in [1.807, 2.05) is 0 Å². The Kier molecular flexibility index (Phi) is 5.40. The number of benzene rings is 1. The first kappa shape index (κ1) is 23.4. The number of sulfone groups is 1. The molecule has 2 aliphatic rings. The van der Waals surface area contributed by atoms with Crippen LogP contribution in [-0.2, 0) is 33.1 Å². The third-order valence-corrected chi connectivity index (χ3v) is 7.01. The predicted molar refractivity (Wildman–Crippen MR) is 123 cm³/mol. The number of hydrogen-bond donors (Lipinski definition) is 2. The first-order valence-corrected chi connectivity index (χ1v) is 12.9. The lowest BCUT2D eigenvalue weighted by atomic mass is 9.89. The molecule has 1 spiro atoms. The zero-order valence-corrected chi connectivity index (χ0v) is 19.8. The van der Waals surface area contributed by atoms with Crippen LogP contribution in [0.2, 0.25) is 5.02 Å². The number of nitrogens with one attached hydrogen (secondary N) is 2. The maximum Gasteiger partial charge on any atom is 0.272 e. The summed E-state index contributed by atoms with van der Waals surface area (Å²) < 4.78 is 53.2. The lowest BCUT2D eigenvalue weighted by Gasteiger charge is -2.36. The highest BCUT2D eigenvalue weighted by Gasteiger charge is 2.48. The normalized spacial score (nSPS) is 18.8. The topological polar surface area (TPSA) is 123 Å². The summed E-state index contributed by atoms with van der Waals surface area (Å²) in [6.07, 6.45) is 2.94. The maximum atomic E-state index is 14.8. The Bertz CT molecular complexity index is 1510. The Morgan fingerprint density at radius 2 is 2.09 bits per heavy atom. The smallest absolute Gasteiger partial charge is 0.272 e. The molecule has 3 heterocycles. The van der Waals surface area contributed by atoms with E-state index in [1.54, 1.807) is 6.07 Å². The second-order valence-corrected chi connectivity index (χ2v) is 11.2. The highest BCUT2D eigenvalue weighted by molar-refractivity contribution is 7.91. The van der Waals surface area contributed by atoms with Gasteiger partial charge in [-0.3, -0.25) is 19.3 Å². The van der Waals surface area contributed by atoms with Gasteiger partial charge in [0.25, 0.3) is 5.91 Å². The third-order valence-electron chi connectivity index (χ3n) is 6.00. The van der Waals surface area contributed by atoms with Crippen molar-refractivity contribution in [2.24, 2.45) is 0 Å². The van der Waals surface area contributed by atoms with Crippen molar-refractivity contribution in [3.63, 3.8) is 0 Å². The van der Waals surface area contributed by atoms with Crippen LogP contribution in [0.5, 0.6) is 0 Å². The summed E-state index contributed by atoms with van der Waals surface area (Å²) in [5.41, 5.74) is -0.195. The minimum atomic E-state index is -3.65. The maximum absolute atomic E-state index is 14.8. The Morgan fingerprint density at radius 1 is 1.31 bits per heavy atom. The van der Waals surface area contributed by atoms with Gasteiger partial charge in [0.1, 0.15) is 28.8 Å². The average Bonchev–Trinajstić information content (AvgIpc) is 3.26. The zero-order valence-electron chi connectivity index (χ0n) is 18.2. The molecule has 2 amide bonds. The van der Waals surface area contributed by atoms with Crippen LogP contribution in [0.4, 0.5) is 14.5 Å². The molecule has 1 aliphatic carbocycles. The van der Waals surface area contributed by atoms with Crippen LogP contribution in [0.3, 0.4) is 0 Å². The van der Waals surface area contributed by atoms with Crippen molar-refractivity contribution in [3.05, 3.63) is 63.9 Å². The van der Waals surface area contributed by atoms with Crippen LogP contribution in [-0.4, -0.2) is 47.0 Å². The van der Waals surface area contributed by atoms with E-state index in [4.69, 9.17) is 11.6 Å². The van der Waals surface area contributed by atoms with Crippen molar-refractivity contribution >= 4 is 38.9 Å². The number of rotatable bonds is 4. The fourth-order valence-corrected chi connectivity index (χ4v) is 5.38. The molecule has 0 bridgehead atoms. The van der Waals surface area contributed by atoms with Gasteiger partial charge >= 0.3 is 0 Å². The van der Waals surface area contributed by atoms with Crippen LogP contribution >= 0.6 is 11.6 Å². The Morgan fingerprint density at radius 3 is 2.77 bits per heavy atom. The van der Waals surface area contributed by atoms with Gasteiger partial charge in [0.15, 0.2) is 15.5 Å². The van der Waals surface area contributed by atoms with Gasteiger partial charge in [-0.15, -0.1) is 0 Å². The Labute approximate surface area is 203 Å². The van der Waals surface area contributed by atoms with Gasteiger partial charge in [-0.25, -0.2) is 17.2 Å². The molecule has 1 aromatic carbocycles. The molecular formula is C22H18ClF2N5O4S. The number of carbonyl (C=O) groups excluding carboxylic acids is 2. The summed E-state index contributed by atoms with van der Waals surface area (Å²) in [4.78, 5) is 30.0. The van der Waals surface area contributed by atoms with E-state index < -0.39 is 44.6 Å². The summed E-state index contributed by atoms with van der Waals surface area (Å²) >= 11 is 5.92. The minimum absolute atomic E-state index is 0.00611. The van der Waals surface area contributed by atoms with Crippen molar-refractivity contribution in [3.8, 4) is 11.4 Å². The van der Waals surface area contributed by atoms with E-state index in [0.717, 1.165) is 12.3 Å². The van der Waals surface area contributed by atoms with E-state index in [0.29, 0.717) is 23.4 Å². The summed E-state index contributed by atoms with van der Waals surface area (Å²) in [5, 5.41) is 10.1. The standard InChI is InChI=1S/C22H18ClF2N5O4S/c1-35(33,34)9-16(31)27-19-18(15-3-2-12(23)8-26-15)29-30-10-22(28-21(32)20(19)30)5-4-11-6-13(24)7-14(25)17(11)22/h2-3,6-8H,4-5,9-10H2,1H3,(H,27,31)(H,28,32)/t22-/m1/s1. The van der Waals surface area contributed by atoms with Gasteiger partial charge in [0, 0.05) is 24.1 Å². The number of hydrogen-bond acceptors (Lipinski definition) is 6. The Hall–Kier alpha value is -3.38. The van der Waals surface area contributed by atoms with Gasteiger partial charge in [0.05, 0.1) is 22.8 Å². The SMILES string of the molecule is CS(=O)(=O)CC(=O)Nc1c(-c2ccc(Cl)cn2)nn2c1C(=O)N[C@]1(CCc3cc(F)cc(F)c31)C2. The number of carbonyl (C=O) groups is 2. The molecule has 5 rings (SSSR count). The highest BCUT2D eigenvalue weighted by Crippen LogP contribution is 2.44. The van der Waals surface area contributed by atoms with Gasteiger partial charge in [-0.1, -0.05) is 11.6 Å². The average molecular weight is 522 g/mol. The zero-order chi connectivity index (χ0) is 25.1. The van der Waals surface area contributed by atoms with Crippen LogP contribution in [0.25, 0.3) is 11.4 Å². The number of aryl methyl sites for hydroxylation is 1. The molecule has 0 unspecified atom stereocenters. The fourth-order valence-electron chi connectivity index (χ4n) is 4.72. The number of halogens is 3. The summed E-state index contributed by atoms with van der Waals surface area (Å²) in [6, 6.07) is 5.10. The predicted octanol–water partition coefficient (Wildman–Crippen LogP) is 2.44. The van der Waals surface area contributed by atoms with E-state index in [9.17, 15) is 26.8 Å². The fraction of sp³-hybridized carbons (Fsp3) is 0.273. The second kappa shape index (κ2) is 8.09. The number of amides is 2. The first-order valence-electron chi connectivity index (χ1n) is 10.5. The molecule has 9 nitrogen and oxygen atoms in total. The van der Waals surface area contributed by atoms with Crippen LogP contribution in [0, 0.1) is 11.6 Å². The van der Waals surface area contributed by atoms with Crippen molar-refractivity contribution in [1.82, 2.24) is 20.1 Å². The molecule has 2 aromatic heterocycles. The molecule has 1 aliphatic heterocycles. The van der Waals surface area contributed by atoms with Crippen LogP contribution in [0.1, 0.15) is 28.0 Å². The number of anilines is 1. The number of fused-ring (bicyclic) bond motifs is 3. The second-order valence-electron chi connectivity index (χ2n) is 8.67. The van der Waals surface area contributed by atoms with E-state index >= 15 is 0 Å². The molecule has 13 heteroatoms. The number of pyridine rings is 1. The third kappa shape index (κ3) is 4.16. The molecule has 0 saturated carbocycles.